The van der Waals surface area contributed by atoms with Gasteiger partial charge in [0.2, 0.25) is 5.91 Å². The van der Waals surface area contributed by atoms with Gasteiger partial charge in [-0.25, -0.2) is 0 Å². The van der Waals surface area contributed by atoms with Crippen molar-refractivity contribution in [2.45, 2.75) is 32.6 Å². The number of aromatic nitrogens is 3. The molecule has 0 N–H and O–H groups in total. The summed E-state index contributed by atoms with van der Waals surface area (Å²) in [5, 5.41) is 8.87. The highest BCUT2D eigenvalue weighted by Crippen LogP contribution is 2.31. The number of rotatable bonds is 3. The minimum absolute atomic E-state index is 0.0114. The molecule has 1 aromatic carbocycles. The number of anilines is 2. The van der Waals surface area contributed by atoms with Gasteiger partial charge in [0.05, 0.1) is 11.6 Å². The quantitative estimate of drug-likeness (QED) is 0.648. The largest absolute Gasteiger partial charge is 0.354 e. The van der Waals surface area contributed by atoms with Gasteiger partial charge in [-0.3, -0.25) is 9.78 Å². The summed E-state index contributed by atoms with van der Waals surface area (Å²) >= 11 is 0. The maximum atomic E-state index is 13.5. The van der Waals surface area contributed by atoms with E-state index in [4.69, 9.17) is 0 Å². The lowest BCUT2D eigenvalue weighted by molar-refractivity contribution is -0.122. The molecule has 158 valence electrons. The molecular formula is C25H27N5O. The SMILES string of the molecule is Cc1ccc2c(c1)CCCN2C(=O)C1CCCN(c2ccc(-c3ccncc3)nn2)C1. The second-order valence-electron chi connectivity index (χ2n) is 8.52. The molecule has 2 aromatic heterocycles. The summed E-state index contributed by atoms with van der Waals surface area (Å²) in [6.07, 6.45) is 7.50. The van der Waals surface area contributed by atoms with Crippen LogP contribution >= 0.6 is 0 Å². The first-order valence-electron chi connectivity index (χ1n) is 11.1. The molecule has 1 amide bonds. The van der Waals surface area contributed by atoms with E-state index < -0.39 is 0 Å². The lowest BCUT2D eigenvalue weighted by Gasteiger charge is -2.37. The molecule has 0 bridgehead atoms. The van der Waals surface area contributed by atoms with Crippen molar-refractivity contribution in [1.29, 1.82) is 0 Å². The summed E-state index contributed by atoms with van der Waals surface area (Å²) in [6, 6.07) is 14.3. The first-order valence-corrected chi connectivity index (χ1v) is 11.1. The number of carbonyl (C=O) groups is 1. The zero-order valence-corrected chi connectivity index (χ0v) is 17.9. The van der Waals surface area contributed by atoms with Crippen molar-refractivity contribution in [3.63, 3.8) is 0 Å². The molecular weight excluding hydrogens is 386 g/mol. The van der Waals surface area contributed by atoms with Crippen molar-refractivity contribution in [1.82, 2.24) is 15.2 Å². The molecule has 31 heavy (non-hydrogen) atoms. The van der Waals surface area contributed by atoms with E-state index in [0.29, 0.717) is 6.54 Å². The minimum atomic E-state index is -0.0114. The highest BCUT2D eigenvalue weighted by molar-refractivity contribution is 5.96. The lowest BCUT2D eigenvalue weighted by Crippen LogP contribution is -2.46. The molecule has 0 saturated carbocycles. The Hall–Kier alpha value is -3.28. The van der Waals surface area contributed by atoms with Crippen molar-refractivity contribution < 1.29 is 4.79 Å². The number of carbonyl (C=O) groups excluding carboxylic acids is 1. The number of fused-ring (bicyclic) bond motifs is 1. The average molecular weight is 414 g/mol. The third kappa shape index (κ3) is 4.02. The number of pyridine rings is 1. The van der Waals surface area contributed by atoms with E-state index in [1.165, 1.54) is 11.1 Å². The third-order valence-electron chi connectivity index (χ3n) is 6.34. The van der Waals surface area contributed by atoms with E-state index in [1.54, 1.807) is 12.4 Å². The number of amides is 1. The zero-order valence-electron chi connectivity index (χ0n) is 17.9. The second kappa shape index (κ2) is 8.46. The van der Waals surface area contributed by atoms with E-state index >= 15 is 0 Å². The van der Waals surface area contributed by atoms with Gasteiger partial charge >= 0.3 is 0 Å². The van der Waals surface area contributed by atoms with Crippen LogP contribution in [0.25, 0.3) is 11.3 Å². The van der Waals surface area contributed by atoms with Crippen LogP contribution in [0.15, 0.2) is 54.9 Å². The van der Waals surface area contributed by atoms with Gasteiger partial charge in [0.15, 0.2) is 5.82 Å². The summed E-state index contributed by atoms with van der Waals surface area (Å²) in [5.41, 5.74) is 5.48. The van der Waals surface area contributed by atoms with Crippen molar-refractivity contribution in [2.24, 2.45) is 5.92 Å². The maximum Gasteiger partial charge on any atom is 0.231 e. The van der Waals surface area contributed by atoms with Crippen LogP contribution in [0.4, 0.5) is 11.5 Å². The van der Waals surface area contributed by atoms with Crippen molar-refractivity contribution in [2.75, 3.05) is 29.4 Å². The van der Waals surface area contributed by atoms with Crippen molar-refractivity contribution in [3.05, 3.63) is 66.0 Å². The molecule has 4 heterocycles. The Morgan fingerprint density at radius 2 is 1.87 bits per heavy atom. The number of aryl methyl sites for hydroxylation is 2. The maximum absolute atomic E-state index is 13.5. The molecule has 3 aromatic rings. The number of hydrogen-bond acceptors (Lipinski definition) is 5. The first-order chi connectivity index (χ1) is 15.2. The highest BCUT2D eigenvalue weighted by Gasteiger charge is 2.32. The molecule has 5 rings (SSSR count). The Morgan fingerprint density at radius 1 is 1.00 bits per heavy atom. The molecule has 1 saturated heterocycles. The molecule has 2 aliphatic rings. The standard InChI is InChI=1S/C25H27N5O/c1-18-6-8-23-20(16-18)4-3-15-30(23)25(31)21-5-2-14-29(17-21)24-9-7-22(27-28-24)19-10-12-26-13-11-19/h6-13,16,21H,2-5,14-15,17H2,1H3. The Morgan fingerprint density at radius 3 is 2.68 bits per heavy atom. The molecule has 0 spiro atoms. The van der Waals surface area contributed by atoms with Crippen molar-refractivity contribution >= 4 is 17.4 Å². The first kappa shape index (κ1) is 19.7. The number of hydrogen-bond donors (Lipinski definition) is 0. The van der Waals surface area contributed by atoms with Crippen molar-refractivity contribution in [3.8, 4) is 11.3 Å². The van der Waals surface area contributed by atoms with Gasteiger partial charge < -0.3 is 9.80 Å². The average Bonchev–Trinajstić information content (AvgIpc) is 2.84. The summed E-state index contributed by atoms with van der Waals surface area (Å²) < 4.78 is 0. The van der Waals surface area contributed by atoms with Gasteiger partial charge in [-0.05, 0) is 68.5 Å². The van der Waals surface area contributed by atoms with Crippen LogP contribution in [0.2, 0.25) is 0 Å². The monoisotopic (exact) mass is 413 g/mol. The van der Waals surface area contributed by atoms with Gasteiger partial charge in [0.25, 0.3) is 0 Å². The molecule has 2 aliphatic heterocycles. The lowest BCUT2D eigenvalue weighted by atomic mass is 9.93. The van der Waals surface area contributed by atoms with Gasteiger partial charge in [0.1, 0.15) is 0 Å². The van der Waals surface area contributed by atoms with Gasteiger partial charge in [-0.2, -0.15) is 0 Å². The van der Waals surface area contributed by atoms with Crippen LogP contribution in [0.1, 0.15) is 30.4 Å². The highest BCUT2D eigenvalue weighted by atomic mass is 16.2. The van der Waals surface area contributed by atoms with Crippen LogP contribution in [-0.4, -0.2) is 40.7 Å². The normalized spacial score (nSPS) is 18.5. The second-order valence-corrected chi connectivity index (χ2v) is 8.52. The predicted molar refractivity (Wildman–Crippen MR) is 122 cm³/mol. The summed E-state index contributed by atoms with van der Waals surface area (Å²) in [4.78, 5) is 21.7. The molecule has 6 heteroatoms. The molecule has 0 radical (unpaired) electrons. The van der Waals surface area contributed by atoms with Crippen LogP contribution in [-0.2, 0) is 11.2 Å². The van der Waals surface area contributed by atoms with Crippen LogP contribution in [0.3, 0.4) is 0 Å². The Labute approximate surface area is 182 Å². The van der Waals surface area contributed by atoms with Crippen LogP contribution < -0.4 is 9.80 Å². The topological polar surface area (TPSA) is 62.2 Å². The Kier molecular flexibility index (Phi) is 5.37. The Balaban J connectivity index is 1.31. The summed E-state index contributed by atoms with van der Waals surface area (Å²) in [7, 11) is 0. The number of piperidine rings is 1. The van der Waals surface area contributed by atoms with E-state index in [0.717, 1.165) is 61.5 Å². The zero-order chi connectivity index (χ0) is 21.2. The van der Waals surface area contributed by atoms with Gasteiger partial charge in [-0.15, -0.1) is 10.2 Å². The molecule has 6 nitrogen and oxygen atoms in total. The summed E-state index contributed by atoms with van der Waals surface area (Å²) in [5.74, 6) is 1.07. The Bertz CT molecular complexity index is 1070. The third-order valence-corrected chi connectivity index (χ3v) is 6.34. The number of benzene rings is 1. The fourth-order valence-electron chi connectivity index (χ4n) is 4.73. The number of nitrogens with zero attached hydrogens (tertiary/aromatic N) is 5. The molecule has 0 aliphatic carbocycles. The fourth-order valence-corrected chi connectivity index (χ4v) is 4.73. The van der Waals surface area contributed by atoms with Gasteiger partial charge in [-0.1, -0.05) is 17.7 Å². The smallest absolute Gasteiger partial charge is 0.231 e. The molecule has 1 fully saturated rings. The minimum Gasteiger partial charge on any atom is -0.354 e. The van der Waals surface area contributed by atoms with Gasteiger partial charge in [0, 0.05) is 43.3 Å². The molecule has 1 unspecified atom stereocenters. The van der Waals surface area contributed by atoms with E-state index in [2.05, 4.69) is 45.2 Å². The molecule has 1 atom stereocenters. The van der Waals surface area contributed by atoms with E-state index in [1.807, 2.05) is 29.2 Å². The fraction of sp³-hybridized carbons (Fsp3) is 0.360. The van der Waals surface area contributed by atoms with E-state index in [-0.39, 0.29) is 11.8 Å². The van der Waals surface area contributed by atoms with Crippen LogP contribution in [0.5, 0.6) is 0 Å². The predicted octanol–water partition coefficient (Wildman–Crippen LogP) is 4.04. The van der Waals surface area contributed by atoms with E-state index in [9.17, 15) is 4.79 Å². The summed E-state index contributed by atoms with van der Waals surface area (Å²) in [6.45, 7) is 4.52. The van der Waals surface area contributed by atoms with Crippen LogP contribution in [0, 0.1) is 12.8 Å².